The number of ether oxygens (including phenoxy) is 1. The number of thioether (sulfide) groups is 1. The Balaban J connectivity index is 1.84. The fraction of sp³-hybridized carbons (Fsp3) is 0.667. The molecule has 5 heteroatoms. The van der Waals surface area contributed by atoms with Gasteiger partial charge in [-0.3, -0.25) is 0 Å². The van der Waals surface area contributed by atoms with Gasteiger partial charge in [0, 0.05) is 43.0 Å². The fourth-order valence-corrected chi connectivity index (χ4v) is 2.66. The van der Waals surface area contributed by atoms with Gasteiger partial charge in [0.15, 0.2) is 5.16 Å². The first-order valence-corrected chi connectivity index (χ1v) is 7.02. The highest BCUT2D eigenvalue weighted by molar-refractivity contribution is 7.99. The van der Waals surface area contributed by atoms with E-state index in [0.29, 0.717) is 5.25 Å². The summed E-state index contributed by atoms with van der Waals surface area (Å²) in [4.78, 5) is 8.79. The Kier molecular flexibility index (Phi) is 5.22. The normalized spacial score (nSPS) is 17.2. The highest BCUT2D eigenvalue weighted by Crippen LogP contribution is 2.26. The lowest BCUT2D eigenvalue weighted by Gasteiger charge is -2.20. The zero-order valence-electron chi connectivity index (χ0n) is 10.2. The predicted octanol–water partition coefficient (Wildman–Crippen LogP) is 1.86. The molecule has 4 nitrogen and oxygen atoms in total. The van der Waals surface area contributed by atoms with Crippen molar-refractivity contribution in [3.8, 4) is 0 Å². The average Bonchev–Trinajstić information content (AvgIpc) is 2.39. The highest BCUT2D eigenvalue weighted by Gasteiger charge is 2.16. The van der Waals surface area contributed by atoms with Crippen molar-refractivity contribution in [3.63, 3.8) is 0 Å². The van der Waals surface area contributed by atoms with Gasteiger partial charge in [0.05, 0.1) is 0 Å². The van der Waals surface area contributed by atoms with E-state index in [1.54, 1.807) is 11.8 Å². The largest absolute Gasteiger partial charge is 0.381 e. The van der Waals surface area contributed by atoms with Gasteiger partial charge >= 0.3 is 0 Å². The van der Waals surface area contributed by atoms with E-state index in [1.165, 1.54) is 0 Å². The van der Waals surface area contributed by atoms with Crippen molar-refractivity contribution in [1.82, 2.24) is 15.3 Å². The third-order valence-electron chi connectivity index (χ3n) is 2.70. The molecule has 0 radical (unpaired) electrons. The number of hydrogen-bond donors (Lipinski definition) is 1. The minimum atomic E-state index is 0.614. The lowest BCUT2D eigenvalue weighted by atomic mass is 10.2. The monoisotopic (exact) mass is 253 g/mol. The predicted molar refractivity (Wildman–Crippen MR) is 69.1 cm³/mol. The molecule has 0 bridgehead atoms. The maximum Gasteiger partial charge on any atom is 0.187 e. The van der Waals surface area contributed by atoms with Crippen LogP contribution in [0.2, 0.25) is 0 Å². The van der Waals surface area contributed by atoms with Crippen molar-refractivity contribution >= 4 is 11.8 Å². The number of nitrogens with zero attached hydrogens (tertiary/aromatic N) is 2. The zero-order valence-corrected chi connectivity index (χ0v) is 11.0. The number of aromatic nitrogens is 2. The molecule has 2 heterocycles. The first kappa shape index (κ1) is 12.8. The third kappa shape index (κ3) is 4.26. The Labute approximate surface area is 107 Å². The maximum absolute atomic E-state index is 5.34. The molecule has 1 aliphatic rings. The highest BCUT2D eigenvalue weighted by atomic mass is 32.2. The molecule has 0 aliphatic carbocycles. The van der Waals surface area contributed by atoms with E-state index >= 15 is 0 Å². The Bertz CT molecular complexity index is 325. The van der Waals surface area contributed by atoms with Gasteiger partial charge in [0.1, 0.15) is 0 Å². The summed E-state index contributed by atoms with van der Waals surface area (Å²) in [5.41, 5.74) is 1.14. The first-order valence-electron chi connectivity index (χ1n) is 6.14. The van der Waals surface area contributed by atoms with Gasteiger partial charge in [-0.2, -0.15) is 0 Å². The molecule has 17 heavy (non-hydrogen) atoms. The molecule has 1 saturated heterocycles. The van der Waals surface area contributed by atoms with E-state index in [4.69, 9.17) is 4.74 Å². The summed E-state index contributed by atoms with van der Waals surface area (Å²) in [5, 5.41) is 4.76. The molecule has 0 spiro atoms. The summed E-state index contributed by atoms with van der Waals surface area (Å²) in [6.07, 6.45) is 6.04. The van der Waals surface area contributed by atoms with E-state index in [-0.39, 0.29) is 0 Å². The second kappa shape index (κ2) is 6.93. The van der Waals surface area contributed by atoms with Crippen molar-refractivity contribution < 1.29 is 4.74 Å². The molecule has 1 aromatic heterocycles. The van der Waals surface area contributed by atoms with E-state index in [0.717, 1.165) is 49.9 Å². The van der Waals surface area contributed by atoms with Crippen molar-refractivity contribution in [2.45, 2.75) is 36.7 Å². The number of nitrogens with one attached hydrogen (secondary N) is 1. The van der Waals surface area contributed by atoms with Crippen LogP contribution in [-0.2, 0) is 11.3 Å². The zero-order chi connectivity index (χ0) is 11.9. The lowest BCUT2D eigenvalue weighted by Crippen LogP contribution is -2.17. The van der Waals surface area contributed by atoms with Crippen molar-refractivity contribution in [3.05, 3.63) is 18.0 Å². The molecule has 0 aromatic carbocycles. The van der Waals surface area contributed by atoms with Gasteiger partial charge in [-0.15, -0.1) is 0 Å². The Morgan fingerprint density at radius 3 is 2.71 bits per heavy atom. The van der Waals surface area contributed by atoms with E-state index < -0.39 is 0 Å². The average molecular weight is 253 g/mol. The molecule has 1 N–H and O–H groups in total. The SMILES string of the molecule is CCNCc1cnc(SC2CCOCC2)nc1. The van der Waals surface area contributed by atoms with Crippen LogP contribution in [-0.4, -0.2) is 35.0 Å². The summed E-state index contributed by atoms with van der Waals surface area (Å²) in [7, 11) is 0. The fourth-order valence-electron chi connectivity index (χ4n) is 1.71. The van der Waals surface area contributed by atoms with E-state index in [9.17, 15) is 0 Å². The molecular weight excluding hydrogens is 234 g/mol. The van der Waals surface area contributed by atoms with Crippen molar-refractivity contribution in [2.75, 3.05) is 19.8 Å². The molecule has 1 fully saturated rings. The summed E-state index contributed by atoms with van der Waals surface area (Å²) in [6.45, 7) is 5.65. The Hall–Kier alpha value is -0.650. The van der Waals surface area contributed by atoms with Gasteiger partial charge in [0.2, 0.25) is 0 Å². The number of hydrogen-bond acceptors (Lipinski definition) is 5. The van der Waals surface area contributed by atoms with Crippen LogP contribution in [0, 0.1) is 0 Å². The first-order chi connectivity index (χ1) is 8.38. The standard InChI is InChI=1S/C12H19N3OS/c1-2-13-7-10-8-14-12(15-9-10)17-11-3-5-16-6-4-11/h8-9,11,13H,2-7H2,1H3. The molecule has 1 aliphatic heterocycles. The quantitative estimate of drug-likeness (QED) is 0.812. The lowest BCUT2D eigenvalue weighted by molar-refractivity contribution is 0.1000. The topological polar surface area (TPSA) is 47.0 Å². The minimum Gasteiger partial charge on any atom is -0.381 e. The van der Waals surface area contributed by atoms with Gasteiger partial charge in [-0.25, -0.2) is 9.97 Å². The van der Waals surface area contributed by atoms with E-state index in [2.05, 4.69) is 22.2 Å². The maximum atomic E-state index is 5.34. The molecular formula is C12H19N3OS. The van der Waals surface area contributed by atoms with E-state index in [1.807, 2.05) is 12.4 Å². The van der Waals surface area contributed by atoms with Crippen LogP contribution in [0.5, 0.6) is 0 Å². The van der Waals surface area contributed by atoms with Crippen LogP contribution in [0.4, 0.5) is 0 Å². The molecule has 1 aromatic rings. The molecule has 0 atom stereocenters. The summed E-state index contributed by atoms with van der Waals surface area (Å²) < 4.78 is 5.34. The van der Waals surface area contributed by atoms with Crippen molar-refractivity contribution in [2.24, 2.45) is 0 Å². The second-order valence-corrected chi connectivity index (χ2v) is 5.35. The summed E-state index contributed by atoms with van der Waals surface area (Å²) >= 11 is 1.77. The minimum absolute atomic E-state index is 0.614. The van der Waals surface area contributed by atoms with Crippen LogP contribution >= 0.6 is 11.8 Å². The van der Waals surface area contributed by atoms with Crippen LogP contribution in [0.1, 0.15) is 25.3 Å². The van der Waals surface area contributed by atoms with Crippen molar-refractivity contribution in [1.29, 1.82) is 0 Å². The second-order valence-electron chi connectivity index (χ2n) is 4.08. The molecule has 2 rings (SSSR count). The van der Waals surface area contributed by atoms with Crippen LogP contribution in [0.3, 0.4) is 0 Å². The molecule has 0 amide bonds. The summed E-state index contributed by atoms with van der Waals surface area (Å²) in [6, 6.07) is 0. The van der Waals surface area contributed by atoms with Crippen LogP contribution < -0.4 is 5.32 Å². The Morgan fingerprint density at radius 1 is 1.35 bits per heavy atom. The Morgan fingerprint density at radius 2 is 2.06 bits per heavy atom. The third-order valence-corrected chi connectivity index (χ3v) is 3.93. The van der Waals surface area contributed by atoms with Gasteiger partial charge in [-0.05, 0) is 19.4 Å². The number of rotatable bonds is 5. The van der Waals surface area contributed by atoms with Crippen LogP contribution in [0.25, 0.3) is 0 Å². The van der Waals surface area contributed by atoms with Crippen LogP contribution in [0.15, 0.2) is 17.6 Å². The molecule has 0 unspecified atom stereocenters. The molecule has 0 saturated carbocycles. The van der Waals surface area contributed by atoms with Gasteiger partial charge < -0.3 is 10.1 Å². The van der Waals surface area contributed by atoms with Gasteiger partial charge in [0.25, 0.3) is 0 Å². The van der Waals surface area contributed by atoms with Gasteiger partial charge in [-0.1, -0.05) is 18.7 Å². The summed E-state index contributed by atoms with van der Waals surface area (Å²) in [5.74, 6) is 0. The molecule has 94 valence electrons. The smallest absolute Gasteiger partial charge is 0.187 e.